The maximum absolute atomic E-state index is 13.7. The summed E-state index contributed by atoms with van der Waals surface area (Å²) in [5.74, 6) is 0.526. The van der Waals surface area contributed by atoms with Gasteiger partial charge in [0.05, 0.1) is 17.9 Å². The summed E-state index contributed by atoms with van der Waals surface area (Å²) in [6.07, 6.45) is 3.93. The first-order valence-electron chi connectivity index (χ1n) is 8.60. The Balaban J connectivity index is 1.36. The molecule has 1 atom stereocenters. The van der Waals surface area contributed by atoms with Crippen LogP contribution in [0, 0.1) is 12.7 Å². The van der Waals surface area contributed by atoms with Crippen LogP contribution < -0.4 is 9.64 Å². The maximum atomic E-state index is 13.7. The number of hydrogen-bond acceptors (Lipinski definition) is 6. The van der Waals surface area contributed by atoms with E-state index in [-0.39, 0.29) is 17.6 Å². The van der Waals surface area contributed by atoms with E-state index in [1.807, 2.05) is 19.1 Å². The molecule has 4 rings (SSSR count). The zero-order chi connectivity index (χ0) is 17.3. The summed E-state index contributed by atoms with van der Waals surface area (Å²) < 4.78 is 25.5. The van der Waals surface area contributed by atoms with E-state index in [1.165, 1.54) is 12.3 Å². The lowest BCUT2D eigenvalue weighted by molar-refractivity contribution is -0.0164. The van der Waals surface area contributed by atoms with Gasteiger partial charge in [0, 0.05) is 25.7 Å². The highest BCUT2D eigenvalue weighted by atomic mass is 19.1. The predicted octanol–water partition coefficient (Wildman–Crippen LogP) is 2.53. The molecule has 1 spiro atoms. The van der Waals surface area contributed by atoms with Crippen molar-refractivity contribution < 1.29 is 13.9 Å². The number of aromatic nitrogens is 3. The van der Waals surface area contributed by atoms with Crippen molar-refractivity contribution in [2.45, 2.75) is 37.9 Å². The summed E-state index contributed by atoms with van der Waals surface area (Å²) in [5, 5.41) is 8.38. The van der Waals surface area contributed by atoms with Gasteiger partial charge in [-0.1, -0.05) is 0 Å². The Morgan fingerprint density at radius 2 is 2.08 bits per heavy atom. The largest absolute Gasteiger partial charge is 0.470 e. The molecule has 6 nitrogen and oxygen atoms in total. The second-order valence-corrected chi connectivity index (χ2v) is 6.75. The molecule has 0 bridgehead atoms. The number of ether oxygens (including phenoxy) is 2. The molecule has 25 heavy (non-hydrogen) atoms. The zero-order valence-electron chi connectivity index (χ0n) is 14.2. The highest BCUT2D eigenvalue weighted by Gasteiger charge is 2.44. The first-order valence-corrected chi connectivity index (χ1v) is 8.60. The Morgan fingerprint density at radius 1 is 1.24 bits per heavy atom. The van der Waals surface area contributed by atoms with Crippen LogP contribution >= 0.6 is 0 Å². The standard InChI is InChI=1S/C18H21FN4O2/c1-13-4-5-16(22-21-13)23-9-6-18(7-10-23)11-14(12-24-18)25-17-15(19)3-2-8-20-17/h2-5,8,14H,6-7,9-12H2,1H3/t14-/m1/s1. The lowest BCUT2D eigenvalue weighted by atomic mass is 9.88. The van der Waals surface area contributed by atoms with Crippen molar-refractivity contribution in [1.29, 1.82) is 0 Å². The van der Waals surface area contributed by atoms with Gasteiger partial charge in [0.2, 0.25) is 0 Å². The van der Waals surface area contributed by atoms with E-state index in [2.05, 4.69) is 20.1 Å². The topological polar surface area (TPSA) is 60.4 Å². The van der Waals surface area contributed by atoms with Crippen molar-refractivity contribution in [2.75, 3.05) is 24.6 Å². The normalized spacial score (nSPS) is 22.3. The lowest BCUT2D eigenvalue weighted by Crippen LogP contribution is -2.44. The monoisotopic (exact) mass is 344 g/mol. The number of pyridine rings is 1. The van der Waals surface area contributed by atoms with Crippen molar-refractivity contribution in [3.8, 4) is 5.88 Å². The van der Waals surface area contributed by atoms with Crippen LogP contribution in [-0.2, 0) is 4.74 Å². The highest BCUT2D eigenvalue weighted by Crippen LogP contribution is 2.38. The van der Waals surface area contributed by atoms with Crippen LogP contribution in [0.1, 0.15) is 25.0 Å². The summed E-state index contributed by atoms with van der Waals surface area (Å²) in [6.45, 7) is 4.13. The summed E-state index contributed by atoms with van der Waals surface area (Å²) >= 11 is 0. The third kappa shape index (κ3) is 3.42. The van der Waals surface area contributed by atoms with E-state index < -0.39 is 5.82 Å². The minimum atomic E-state index is -0.434. The molecular weight excluding hydrogens is 323 g/mol. The van der Waals surface area contributed by atoms with E-state index in [0.29, 0.717) is 6.61 Å². The predicted molar refractivity (Wildman–Crippen MR) is 90.1 cm³/mol. The van der Waals surface area contributed by atoms with E-state index in [1.54, 1.807) is 6.07 Å². The fraction of sp³-hybridized carbons (Fsp3) is 0.500. The van der Waals surface area contributed by atoms with Gasteiger partial charge in [0.25, 0.3) is 5.88 Å². The van der Waals surface area contributed by atoms with Gasteiger partial charge in [0.1, 0.15) is 6.10 Å². The summed E-state index contributed by atoms with van der Waals surface area (Å²) in [7, 11) is 0. The van der Waals surface area contributed by atoms with Gasteiger partial charge in [-0.3, -0.25) is 0 Å². The Morgan fingerprint density at radius 3 is 2.80 bits per heavy atom. The molecule has 2 aromatic heterocycles. The second kappa shape index (κ2) is 6.55. The summed E-state index contributed by atoms with van der Waals surface area (Å²) in [5.41, 5.74) is 0.725. The number of anilines is 1. The Bertz CT molecular complexity index is 732. The number of hydrogen-bond donors (Lipinski definition) is 0. The average Bonchev–Trinajstić information content (AvgIpc) is 3.01. The molecule has 132 valence electrons. The number of nitrogens with zero attached hydrogens (tertiary/aromatic N) is 4. The quantitative estimate of drug-likeness (QED) is 0.853. The van der Waals surface area contributed by atoms with E-state index in [0.717, 1.165) is 43.9 Å². The zero-order valence-corrected chi connectivity index (χ0v) is 14.2. The molecular formula is C18H21FN4O2. The first kappa shape index (κ1) is 16.2. The Labute approximate surface area is 146 Å². The van der Waals surface area contributed by atoms with Gasteiger partial charge in [-0.15, -0.1) is 5.10 Å². The number of halogens is 1. The molecule has 0 aliphatic carbocycles. The summed E-state index contributed by atoms with van der Waals surface area (Å²) in [6, 6.07) is 6.89. The average molecular weight is 344 g/mol. The van der Waals surface area contributed by atoms with Crippen molar-refractivity contribution in [3.05, 3.63) is 42.0 Å². The fourth-order valence-corrected chi connectivity index (χ4v) is 3.55. The third-order valence-corrected chi connectivity index (χ3v) is 4.96. The van der Waals surface area contributed by atoms with Gasteiger partial charge < -0.3 is 14.4 Å². The molecule has 2 fully saturated rings. The molecule has 4 heterocycles. The number of aryl methyl sites for hydroxylation is 1. The molecule has 0 radical (unpaired) electrons. The van der Waals surface area contributed by atoms with Crippen LogP contribution in [0.5, 0.6) is 5.88 Å². The van der Waals surface area contributed by atoms with E-state index >= 15 is 0 Å². The van der Waals surface area contributed by atoms with Gasteiger partial charge in [-0.25, -0.2) is 9.37 Å². The van der Waals surface area contributed by atoms with Crippen LogP contribution in [0.2, 0.25) is 0 Å². The molecule has 2 saturated heterocycles. The Kier molecular flexibility index (Phi) is 4.25. The van der Waals surface area contributed by atoms with Gasteiger partial charge in [0.15, 0.2) is 11.6 Å². The van der Waals surface area contributed by atoms with Crippen LogP contribution in [0.15, 0.2) is 30.5 Å². The molecule has 0 saturated carbocycles. The maximum Gasteiger partial charge on any atom is 0.250 e. The van der Waals surface area contributed by atoms with Crippen LogP contribution in [-0.4, -0.2) is 46.6 Å². The summed E-state index contributed by atoms with van der Waals surface area (Å²) in [4.78, 5) is 6.19. The molecule has 0 unspecified atom stereocenters. The van der Waals surface area contributed by atoms with Crippen molar-refractivity contribution >= 4 is 5.82 Å². The van der Waals surface area contributed by atoms with Gasteiger partial charge >= 0.3 is 0 Å². The lowest BCUT2D eigenvalue weighted by Gasteiger charge is -2.38. The third-order valence-electron chi connectivity index (χ3n) is 4.96. The van der Waals surface area contributed by atoms with Crippen LogP contribution in [0.4, 0.5) is 10.2 Å². The minimum Gasteiger partial charge on any atom is -0.470 e. The van der Waals surface area contributed by atoms with Crippen molar-refractivity contribution in [3.63, 3.8) is 0 Å². The molecule has 7 heteroatoms. The highest BCUT2D eigenvalue weighted by molar-refractivity contribution is 5.38. The molecule has 2 aliphatic heterocycles. The molecule has 0 aromatic carbocycles. The molecule has 2 aromatic rings. The Hall–Kier alpha value is -2.28. The van der Waals surface area contributed by atoms with Gasteiger partial charge in [-0.05, 0) is 44.0 Å². The first-order chi connectivity index (χ1) is 12.1. The number of piperidine rings is 1. The van der Waals surface area contributed by atoms with E-state index in [9.17, 15) is 4.39 Å². The molecule has 0 N–H and O–H groups in total. The number of rotatable bonds is 3. The van der Waals surface area contributed by atoms with E-state index in [4.69, 9.17) is 9.47 Å². The van der Waals surface area contributed by atoms with Crippen LogP contribution in [0.3, 0.4) is 0 Å². The van der Waals surface area contributed by atoms with Crippen LogP contribution in [0.25, 0.3) is 0 Å². The SMILES string of the molecule is Cc1ccc(N2CCC3(CC2)C[C@@H](Oc2ncccc2F)CO3)nn1. The minimum absolute atomic E-state index is 0.0560. The fourth-order valence-electron chi connectivity index (χ4n) is 3.55. The van der Waals surface area contributed by atoms with Gasteiger partial charge in [-0.2, -0.15) is 5.10 Å². The van der Waals surface area contributed by atoms with Crippen molar-refractivity contribution in [2.24, 2.45) is 0 Å². The molecule has 0 amide bonds. The van der Waals surface area contributed by atoms with Crippen molar-refractivity contribution in [1.82, 2.24) is 15.2 Å². The smallest absolute Gasteiger partial charge is 0.250 e. The second-order valence-electron chi connectivity index (χ2n) is 6.75. The molecule has 2 aliphatic rings.